The van der Waals surface area contributed by atoms with Gasteiger partial charge in [0, 0.05) is 37.3 Å². The molecule has 3 heterocycles. The smallest absolute Gasteiger partial charge is 0.0101 e. The standard InChI is InChI=1S/2C10H19N.2CH4/c1-8(2)11-6-9-3-4-10(5-9)7-11;1-8(2)11-9-4-3-5-10(11)7-6-9;;/h2*8-10H,3-7H2,1-2H3;2*1H4. The summed E-state index contributed by atoms with van der Waals surface area (Å²) in [6.07, 6.45) is 11.9. The molecule has 0 N–H and O–H groups in total. The van der Waals surface area contributed by atoms with Gasteiger partial charge in [-0.1, -0.05) is 21.3 Å². The molecule has 4 fully saturated rings. The number of likely N-dealkylation sites (tertiary alicyclic amines) is 1. The van der Waals surface area contributed by atoms with Gasteiger partial charge >= 0.3 is 0 Å². The number of fused-ring (bicyclic) bond motifs is 4. The van der Waals surface area contributed by atoms with E-state index in [-0.39, 0.29) is 14.9 Å². The zero-order valence-corrected chi connectivity index (χ0v) is 15.4. The van der Waals surface area contributed by atoms with E-state index in [9.17, 15) is 0 Å². The Bertz CT molecular complexity index is 324. The van der Waals surface area contributed by atoms with Gasteiger partial charge in [-0.05, 0) is 84.5 Å². The minimum atomic E-state index is 0. The molecule has 0 aromatic rings. The summed E-state index contributed by atoms with van der Waals surface area (Å²) in [5.74, 6) is 2.10. The van der Waals surface area contributed by atoms with Crippen LogP contribution in [-0.4, -0.2) is 47.1 Å². The molecule has 0 aromatic heterocycles. The Balaban J connectivity index is 0.000000222. The van der Waals surface area contributed by atoms with Gasteiger partial charge in [0.2, 0.25) is 0 Å². The number of nitrogens with zero attached hydrogens (tertiary/aromatic N) is 2. The first-order valence-electron chi connectivity index (χ1n) is 10.1. The molecule has 0 amide bonds. The second-order valence-corrected chi connectivity index (χ2v) is 8.95. The lowest BCUT2D eigenvalue weighted by Gasteiger charge is -2.37. The number of hydrogen-bond donors (Lipinski definition) is 0. The SMILES string of the molecule is C.C.CC(C)N1C2CCCC1CC2.CC(C)N1CC2CCC(C2)C1. The third-order valence-electron chi connectivity index (χ3n) is 6.71. The molecule has 4 unspecified atom stereocenters. The van der Waals surface area contributed by atoms with Crippen molar-refractivity contribution < 1.29 is 0 Å². The first-order chi connectivity index (χ1) is 10.5. The first-order valence-corrected chi connectivity index (χ1v) is 10.1. The molecule has 24 heavy (non-hydrogen) atoms. The molecule has 4 rings (SSSR count). The third-order valence-corrected chi connectivity index (χ3v) is 6.71. The Labute approximate surface area is 153 Å². The summed E-state index contributed by atoms with van der Waals surface area (Å²) in [5, 5.41) is 0. The molecule has 2 heteroatoms. The number of piperidine rings is 2. The summed E-state index contributed by atoms with van der Waals surface area (Å²) in [6, 6.07) is 3.47. The monoisotopic (exact) mass is 338 g/mol. The minimum absolute atomic E-state index is 0. The zero-order valence-electron chi connectivity index (χ0n) is 15.4. The van der Waals surface area contributed by atoms with E-state index in [0.717, 1.165) is 36.0 Å². The van der Waals surface area contributed by atoms with Crippen LogP contribution in [-0.2, 0) is 0 Å². The molecular formula is C22H46N2. The normalized spacial score (nSPS) is 35.2. The topological polar surface area (TPSA) is 6.48 Å². The van der Waals surface area contributed by atoms with Crippen LogP contribution < -0.4 is 0 Å². The van der Waals surface area contributed by atoms with Crippen molar-refractivity contribution in [2.24, 2.45) is 11.8 Å². The highest BCUT2D eigenvalue weighted by atomic mass is 15.2. The molecule has 0 aromatic carbocycles. The predicted octanol–water partition coefficient (Wildman–Crippen LogP) is 5.81. The Morgan fingerprint density at radius 3 is 1.54 bits per heavy atom. The summed E-state index contributed by atoms with van der Waals surface area (Å²) in [6.45, 7) is 12.1. The van der Waals surface area contributed by atoms with Crippen molar-refractivity contribution in [1.82, 2.24) is 9.80 Å². The van der Waals surface area contributed by atoms with Gasteiger partial charge in [-0.2, -0.15) is 0 Å². The average molecular weight is 339 g/mol. The molecule has 144 valence electrons. The second kappa shape index (κ2) is 9.57. The summed E-state index contributed by atoms with van der Waals surface area (Å²) in [4.78, 5) is 5.41. The van der Waals surface area contributed by atoms with Gasteiger partial charge in [0.15, 0.2) is 0 Å². The van der Waals surface area contributed by atoms with Crippen LogP contribution in [0.25, 0.3) is 0 Å². The largest absolute Gasteiger partial charge is 0.300 e. The van der Waals surface area contributed by atoms with Crippen molar-refractivity contribution in [2.45, 2.75) is 118 Å². The molecule has 2 nitrogen and oxygen atoms in total. The van der Waals surface area contributed by atoms with Gasteiger partial charge < -0.3 is 4.90 Å². The fraction of sp³-hybridized carbons (Fsp3) is 1.00. The summed E-state index contributed by atoms with van der Waals surface area (Å²) in [5.41, 5.74) is 0. The van der Waals surface area contributed by atoms with Gasteiger partial charge in [-0.3, -0.25) is 4.90 Å². The van der Waals surface area contributed by atoms with Gasteiger partial charge in [-0.15, -0.1) is 0 Å². The summed E-state index contributed by atoms with van der Waals surface area (Å²) in [7, 11) is 0. The fourth-order valence-electron chi connectivity index (χ4n) is 5.67. The summed E-state index contributed by atoms with van der Waals surface area (Å²) < 4.78 is 0. The molecule has 0 radical (unpaired) electrons. The molecule has 0 spiro atoms. The van der Waals surface area contributed by atoms with E-state index < -0.39 is 0 Å². The van der Waals surface area contributed by atoms with E-state index in [1.54, 1.807) is 0 Å². The van der Waals surface area contributed by atoms with Crippen LogP contribution in [0.1, 0.15) is 93.9 Å². The van der Waals surface area contributed by atoms with Crippen molar-refractivity contribution in [2.75, 3.05) is 13.1 Å². The van der Waals surface area contributed by atoms with Gasteiger partial charge in [0.1, 0.15) is 0 Å². The average Bonchev–Trinajstić information content (AvgIpc) is 2.95. The molecule has 3 saturated heterocycles. The van der Waals surface area contributed by atoms with Crippen LogP contribution >= 0.6 is 0 Å². The minimum Gasteiger partial charge on any atom is -0.300 e. The lowest BCUT2D eigenvalue weighted by molar-refractivity contribution is 0.104. The highest BCUT2D eigenvalue weighted by Crippen LogP contribution is 2.37. The zero-order chi connectivity index (χ0) is 15.7. The number of rotatable bonds is 2. The van der Waals surface area contributed by atoms with Crippen LogP contribution in [0.2, 0.25) is 0 Å². The van der Waals surface area contributed by atoms with Crippen molar-refractivity contribution in [1.29, 1.82) is 0 Å². The first kappa shape index (κ1) is 22.0. The molecule has 4 atom stereocenters. The van der Waals surface area contributed by atoms with E-state index in [1.165, 1.54) is 64.5 Å². The highest BCUT2D eigenvalue weighted by molar-refractivity contribution is 4.93. The molecule has 4 bridgehead atoms. The lowest BCUT2D eigenvalue weighted by atomic mass is 9.98. The van der Waals surface area contributed by atoms with Crippen molar-refractivity contribution in [3.63, 3.8) is 0 Å². The summed E-state index contributed by atoms with van der Waals surface area (Å²) >= 11 is 0. The van der Waals surface area contributed by atoms with E-state index >= 15 is 0 Å². The Morgan fingerprint density at radius 1 is 0.667 bits per heavy atom. The van der Waals surface area contributed by atoms with Crippen molar-refractivity contribution in [3.05, 3.63) is 0 Å². The maximum Gasteiger partial charge on any atom is 0.0101 e. The van der Waals surface area contributed by atoms with Crippen LogP contribution in [0.5, 0.6) is 0 Å². The van der Waals surface area contributed by atoms with E-state index in [4.69, 9.17) is 0 Å². The maximum atomic E-state index is 2.75. The van der Waals surface area contributed by atoms with E-state index in [0.29, 0.717) is 0 Å². The molecular weight excluding hydrogens is 292 g/mol. The molecule has 1 saturated carbocycles. The predicted molar refractivity (Wildman–Crippen MR) is 109 cm³/mol. The van der Waals surface area contributed by atoms with E-state index in [1.807, 2.05) is 0 Å². The lowest BCUT2D eigenvalue weighted by Crippen LogP contribution is -2.43. The van der Waals surface area contributed by atoms with Crippen molar-refractivity contribution >= 4 is 0 Å². The molecule has 4 aliphatic rings. The quantitative estimate of drug-likeness (QED) is 0.627. The highest BCUT2D eigenvalue weighted by Gasteiger charge is 2.37. The van der Waals surface area contributed by atoms with Gasteiger partial charge in [-0.25, -0.2) is 0 Å². The Morgan fingerprint density at radius 2 is 1.17 bits per heavy atom. The third kappa shape index (κ3) is 4.97. The van der Waals surface area contributed by atoms with Crippen molar-refractivity contribution in [3.8, 4) is 0 Å². The number of hydrogen-bond acceptors (Lipinski definition) is 2. The Hall–Kier alpha value is -0.0800. The van der Waals surface area contributed by atoms with Gasteiger partial charge in [0.25, 0.3) is 0 Å². The molecule has 3 aliphatic heterocycles. The Kier molecular flexibility index (Phi) is 8.76. The van der Waals surface area contributed by atoms with E-state index in [2.05, 4.69) is 37.5 Å². The van der Waals surface area contributed by atoms with Crippen LogP contribution in [0.3, 0.4) is 0 Å². The molecule has 1 aliphatic carbocycles. The van der Waals surface area contributed by atoms with Gasteiger partial charge in [0.05, 0.1) is 0 Å². The maximum absolute atomic E-state index is 2.75. The van der Waals surface area contributed by atoms with Crippen LogP contribution in [0.15, 0.2) is 0 Å². The van der Waals surface area contributed by atoms with Crippen LogP contribution in [0.4, 0.5) is 0 Å². The fourth-order valence-corrected chi connectivity index (χ4v) is 5.67. The second-order valence-electron chi connectivity index (χ2n) is 8.95. The van der Waals surface area contributed by atoms with Crippen LogP contribution in [0, 0.1) is 11.8 Å².